The Bertz CT molecular complexity index is 2960. The zero-order valence-electron chi connectivity index (χ0n) is 40.7. The van der Waals surface area contributed by atoms with Crippen molar-refractivity contribution in [3.05, 3.63) is 77.1 Å². The molecule has 71 heavy (non-hydrogen) atoms. The first kappa shape index (κ1) is 46.3. The van der Waals surface area contributed by atoms with E-state index in [0.717, 1.165) is 142 Å². The zero-order valence-corrected chi connectivity index (χ0v) is 40.7. The Hall–Kier alpha value is -7.10. The fourth-order valence-corrected chi connectivity index (χ4v) is 11.4. The van der Waals surface area contributed by atoms with Crippen molar-refractivity contribution in [1.29, 1.82) is 0 Å². The number of aromatic nitrogens is 7. The zero-order chi connectivity index (χ0) is 49.1. The summed E-state index contributed by atoms with van der Waals surface area (Å²) in [5.74, 6) is -0.0330. The van der Waals surface area contributed by atoms with Crippen molar-refractivity contribution in [2.24, 2.45) is 5.92 Å². The molecule has 6 aliphatic heterocycles. The molecular weight excluding hydrogens is 905 g/mol. The Labute approximate surface area is 411 Å². The molecule has 3 aromatic heterocycles. The maximum absolute atomic E-state index is 13.9. The van der Waals surface area contributed by atoms with Crippen LogP contribution in [0, 0.1) is 5.92 Å². The summed E-state index contributed by atoms with van der Waals surface area (Å²) in [6, 6.07) is 14.3. The van der Waals surface area contributed by atoms with Gasteiger partial charge in [-0.1, -0.05) is 5.10 Å². The number of benzene rings is 2. The molecule has 4 fully saturated rings. The number of carbonyl (C=O) groups is 5. The first-order chi connectivity index (χ1) is 34.3. The minimum Gasteiger partial charge on any atom is -0.371 e. The van der Waals surface area contributed by atoms with Crippen molar-refractivity contribution in [2.45, 2.75) is 58.0 Å². The Morgan fingerprint density at radius 2 is 1.52 bits per heavy atom. The van der Waals surface area contributed by atoms with E-state index in [0.29, 0.717) is 34.3 Å². The van der Waals surface area contributed by atoms with Crippen molar-refractivity contribution in [3.8, 4) is 11.3 Å². The smallest absolute Gasteiger partial charge is 0.262 e. The van der Waals surface area contributed by atoms with Crippen LogP contribution >= 0.6 is 0 Å². The highest BCUT2D eigenvalue weighted by Gasteiger charge is 2.45. The van der Waals surface area contributed by atoms with Gasteiger partial charge in [0.2, 0.25) is 17.8 Å². The highest BCUT2D eigenvalue weighted by Crippen LogP contribution is 2.38. The van der Waals surface area contributed by atoms with Gasteiger partial charge in [0.15, 0.2) is 0 Å². The lowest BCUT2D eigenvalue weighted by molar-refractivity contribution is -0.136. The van der Waals surface area contributed by atoms with Crippen LogP contribution in [0.15, 0.2) is 66.0 Å². The van der Waals surface area contributed by atoms with Crippen LogP contribution in [0.2, 0.25) is 0 Å². The highest BCUT2D eigenvalue weighted by atomic mass is 16.2. The molecule has 3 N–H and O–H groups in total. The van der Waals surface area contributed by atoms with Gasteiger partial charge in [0.05, 0.1) is 27.8 Å². The summed E-state index contributed by atoms with van der Waals surface area (Å²) in [7, 11) is 1.86. The number of rotatable bonds is 11. The Morgan fingerprint density at radius 3 is 2.27 bits per heavy atom. The van der Waals surface area contributed by atoms with Gasteiger partial charge in [0.25, 0.3) is 17.7 Å². The third-order valence-corrected chi connectivity index (χ3v) is 15.6. The van der Waals surface area contributed by atoms with Crippen molar-refractivity contribution in [1.82, 2.24) is 60.3 Å². The topological polar surface area (TPSA) is 217 Å². The summed E-state index contributed by atoms with van der Waals surface area (Å²) in [5.41, 5.74) is 5.44. The summed E-state index contributed by atoms with van der Waals surface area (Å²) in [6.07, 6.45) is 4.21. The van der Waals surface area contributed by atoms with Crippen LogP contribution in [0.4, 0.5) is 23.1 Å². The molecule has 21 nitrogen and oxygen atoms in total. The SMILES string of the molecule is CC1=C(C(=O)Nc2ccc3[nH]nc(-c4ccnc(N5CCN(CCN6CCN(CC7CCN(c8ccc9c(c8)C(=O)N(C8CCC(=O)NC8=O)C9=O)CC7)CC6)CC5)c4)c3c2)C(C)(C)n2nnnc2N1C. The minimum absolute atomic E-state index is 0.0995. The molecule has 21 heteroatoms. The number of tetrazole rings is 1. The molecule has 0 spiro atoms. The number of nitrogens with zero attached hydrogens (tertiary/aromatic N) is 13. The number of allylic oxidation sites excluding steroid dienone is 1. The average Bonchev–Trinajstić information content (AvgIpc) is 4.11. The molecule has 370 valence electrons. The van der Waals surface area contributed by atoms with E-state index in [4.69, 9.17) is 10.1 Å². The van der Waals surface area contributed by atoms with E-state index in [1.165, 1.54) is 0 Å². The quantitative estimate of drug-likeness (QED) is 0.162. The summed E-state index contributed by atoms with van der Waals surface area (Å²) in [5, 5.41) is 26.3. The van der Waals surface area contributed by atoms with Gasteiger partial charge in [-0.2, -0.15) is 5.10 Å². The number of nitrogens with one attached hydrogen (secondary N) is 3. The van der Waals surface area contributed by atoms with Crippen LogP contribution in [0.5, 0.6) is 0 Å². The average molecular weight is 965 g/mol. The summed E-state index contributed by atoms with van der Waals surface area (Å²) in [4.78, 5) is 84.7. The Kier molecular flexibility index (Phi) is 12.1. The van der Waals surface area contributed by atoms with Gasteiger partial charge in [-0.15, -0.1) is 0 Å². The summed E-state index contributed by atoms with van der Waals surface area (Å²) < 4.78 is 1.67. The van der Waals surface area contributed by atoms with Crippen molar-refractivity contribution in [3.63, 3.8) is 0 Å². The van der Waals surface area contributed by atoms with Crippen LogP contribution in [0.1, 0.15) is 67.2 Å². The van der Waals surface area contributed by atoms with E-state index in [-0.39, 0.29) is 24.7 Å². The Balaban J connectivity index is 0.623. The monoisotopic (exact) mass is 964 g/mol. The molecule has 5 amide bonds. The maximum Gasteiger partial charge on any atom is 0.262 e. The molecule has 0 aliphatic carbocycles. The van der Waals surface area contributed by atoms with Crippen molar-refractivity contribution >= 4 is 63.6 Å². The second-order valence-electron chi connectivity index (χ2n) is 20.2. The number of hydrogen-bond acceptors (Lipinski definition) is 16. The highest BCUT2D eigenvalue weighted by molar-refractivity contribution is 6.23. The van der Waals surface area contributed by atoms with Crippen LogP contribution in [0.25, 0.3) is 22.2 Å². The number of carbonyl (C=O) groups excluding carboxylic acids is 5. The third kappa shape index (κ3) is 8.68. The third-order valence-electron chi connectivity index (χ3n) is 15.6. The number of fused-ring (bicyclic) bond motifs is 3. The molecule has 9 heterocycles. The van der Waals surface area contributed by atoms with Gasteiger partial charge in [-0.3, -0.25) is 49.1 Å². The van der Waals surface area contributed by atoms with Gasteiger partial charge in [0, 0.05) is 133 Å². The number of piperazine rings is 2. The van der Waals surface area contributed by atoms with Crippen LogP contribution < -0.4 is 25.3 Å². The molecule has 2 aromatic carbocycles. The van der Waals surface area contributed by atoms with E-state index >= 15 is 0 Å². The summed E-state index contributed by atoms with van der Waals surface area (Å²) in [6.45, 7) is 18.7. The predicted molar refractivity (Wildman–Crippen MR) is 266 cm³/mol. The number of imide groups is 2. The summed E-state index contributed by atoms with van der Waals surface area (Å²) >= 11 is 0. The van der Waals surface area contributed by atoms with E-state index in [1.807, 2.05) is 69.2 Å². The second kappa shape index (κ2) is 18.6. The van der Waals surface area contributed by atoms with E-state index < -0.39 is 29.3 Å². The molecule has 0 bridgehead atoms. The normalized spacial score (nSPS) is 21.6. The first-order valence-electron chi connectivity index (χ1n) is 24.8. The van der Waals surface area contributed by atoms with Crippen LogP contribution in [0.3, 0.4) is 0 Å². The number of piperidine rings is 2. The van der Waals surface area contributed by atoms with Gasteiger partial charge in [-0.05, 0) is 105 Å². The molecular formula is C50H60N16O5. The van der Waals surface area contributed by atoms with Gasteiger partial charge < -0.3 is 24.9 Å². The lowest BCUT2D eigenvalue weighted by Crippen LogP contribution is -2.54. The van der Waals surface area contributed by atoms with E-state index in [1.54, 1.807) is 16.8 Å². The fraction of sp³-hybridized carbons (Fsp3) is 0.480. The minimum atomic E-state index is -0.964. The standard InChI is InChI=1S/C50H60N16O5/c1-31-43(50(2,3)66-49(59(31)4)56-57-58-66)46(69)52-34-5-8-39-38(28-34)44(55-54-39)33-11-14-51-41(27-33)64-25-23-61(24-26-64)18-17-60-19-21-62(22-20-60)30-32-12-15-63(16-13-32)35-6-7-36-37(29-35)48(71)65(47(36)70)40-9-10-42(67)53-45(40)68/h5-8,11,14,27-29,32,40H,9-10,12-13,15-26,30H2,1-4H3,(H,52,69)(H,54,55)(H,53,67,68). The van der Waals surface area contributed by atoms with E-state index in [2.05, 4.69) is 61.8 Å². The van der Waals surface area contributed by atoms with Gasteiger partial charge >= 0.3 is 0 Å². The second-order valence-corrected chi connectivity index (χ2v) is 20.2. The molecule has 0 saturated carbocycles. The molecule has 0 radical (unpaired) electrons. The number of pyridine rings is 1. The van der Waals surface area contributed by atoms with E-state index in [9.17, 15) is 24.0 Å². The fourth-order valence-electron chi connectivity index (χ4n) is 11.4. The molecule has 6 aliphatic rings. The largest absolute Gasteiger partial charge is 0.371 e. The lowest BCUT2D eigenvalue weighted by Gasteiger charge is -2.40. The molecule has 5 aromatic rings. The lowest BCUT2D eigenvalue weighted by atomic mass is 9.89. The number of hydrogen-bond donors (Lipinski definition) is 3. The molecule has 11 rings (SSSR count). The van der Waals surface area contributed by atoms with Gasteiger partial charge in [-0.25, -0.2) is 9.67 Å². The number of amides is 5. The molecule has 4 saturated heterocycles. The van der Waals surface area contributed by atoms with Crippen molar-refractivity contribution < 1.29 is 24.0 Å². The van der Waals surface area contributed by atoms with Gasteiger partial charge in [0.1, 0.15) is 17.6 Å². The van der Waals surface area contributed by atoms with Crippen LogP contribution in [-0.4, -0.2) is 183 Å². The van der Waals surface area contributed by atoms with Crippen molar-refractivity contribution in [2.75, 3.05) is 112 Å². The number of H-pyrrole nitrogens is 1. The Morgan fingerprint density at radius 1 is 0.803 bits per heavy atom. The van der Waals surface area contributed by atoms with Crippen LogP contribution in [-0.2, 0) is 19.9 Å². The number of aromatic amines is 1. The predicted octanol–water partition coefficient (Wildman–Crippen LogP) is 2.77. The number of anilines is 4. The first-order valence-corrected chi connectivity index (χ1v) is 24.8. The molecule has 1 unspecified atom stereocenters. The molecule has 1 atom stereocenters. The maximum atomic E-state index is 13.9.